The summed E-state index contributed by atoms with van der Waals surface area (Å²) >= 11 is 0. The maximum atomic E-state index is 13.0. The molecule has 0 unspecified atom stereocenters. The van der Waals surface area contributed by atoms with E-state index in [1.807, 2.05) is 65.6 Å². The average Bonchev–Trinajstić information content (AvgIpc) is 2.79. The van der Waals surface area contributed by atoms with Crippen molar-refractivity contribution in [1.82, 2.24) is 9.88 Å². The minimum atomic E-state index is 0.0604. The van der Waals surface area contributed by atoms with Gasteiger partial charge in [-0.05, 0) is 48.9 Å². The summed E-state index contributed by atoms with van der Waals surface area (Å²) in [6.45, 7) is 5.00. The number of amides is 1. The largest absolute Gasteiger partial charge is 0.353 e. The number of benzene rings is 2. The molecule has 1 fully saturated rings. The Morgan fingerprint density at radius 2 is 1.69 bits per heavy atom. The van der Waals surface area contributed by atoms with Gasteiger partial charge in [0.15, 0.2) is 0 Å². The molecule has 0 atom stereocenters. The molecule has 1 aromatic heterocycles. The smallest absolute Gasteiger partial charge is 0.254 e. The number of carbonyl (C=O) groups is 1. The molecule has 4 heteroatoms. The van der Waals surface area contributed by atoms with Crippen molar-refractivity contribution in [3.63, 3.8) is 0 Å². The van der Waals surface area contributed by atoms with Crippen molar-refractivity contribution in [2.24, 2.45) is 0 Å². The lowest BCUT2D eigenvalue weighted by atomic mass is 10.1. The van der Waals surface area contributed by atoms with Crippen LogP contribution in [0.3, 0.4) is 0 Å². The minimum Gasteiger partial charge on any atom is -0.353 e. The molecule has 3 aromatic rings. The van der Waals surface area contributed by atoms with E-state index in [9.17, 15) is 4.79 Å². The van der Waals surface area contributed by atoms with Crippen molar-refractivity contribution in [3.8, 4) is 11.8 Å². The number of carbonyl (C=O) groups excluding carboxylic acids is 1. The lowest BCUT2D eigenvalue weighted by Crippen LogP contribution is -2.49. The van der Waals surface area contributed by atoms with Crippen LogP contribution in [0.4, 0.5) is 5.82 Å². The van der Waals surface area contributed by atoms with Crippen molar-refractivity contribution in [3.05, 3.63) is 95.2 Å². The lowest BCUT2D eigenvalue weighted by molar-refractivity contribution is 0.0746. The van der Waals surface area contributed by atoms with E-state index >= 15 is 0 Å². The Labute approximate surface area is 171 Å². The quantitative estimate of drug-likeness (QED) is 0.635. The average molecular weight is 381 g/mol. The number of nitrogens with zero attached hydrogens (tertiary/aromatic N) is 3. The number of aromatic nitrogens is 1. The molecule has 144 valence electrons. The number of piperazine rings is 1. The van der Waals surface area contributed by atoms with Gasteiger partial charge in [0.25, 0.3) is 5.91 Å². The zero-order valence-electron chi connectivity index (χ0n) is 16.5. The Bertz CT molecular complexity index is 1060. The van der Waals surface area contributed by atoms with Crippen LogP contribution in [-0.2, 0) is 0 Å². The van der Waals surface area contributed by atoms with Crippen LogP contribution in [-0.4, -0.2) is 42.0 Å². The van der Waals surface area contributed by atoms with Crippen molar-refractivity contribution in [2.45, 2.75) is 6.92 Å². The van der Waals surface area contributed by atoms with E-state index in [2.05, 4.69) is 34.7 Å². The standard InChI is InChI=1S/C25H23N3O/c1-20-7-2-3-9-22(20)13-12-21-8-6-10-23(19-21)25(29)28-17-15-27(16-18-28)24-11-4-5-14-26-24/h2-11,14,19H,15-18H2,1H3. The third-order valence-corrected chi connectivity index (χ3v) is 5.14. The first-order valence-corrected chi connectivity index (χ1v) is 9.84. The van der Waals surface area contributed by atoms with Crippen LogP contribution < -0.4 is 4.90 Å². The van der Waals surface area contributed by atoms with Gasteiger partial charge in [-0.1, -0.05) is 42.2 Å². The molecule has 2 heterocycles. The summed E-state index contributed by atoms with van der Waals surface area (Å²) in [7, 11) is 0. The molecule has 0 bridgehead atoms. The van der Waals surface area contributed by atoms with Crippen LogP contribution in [0.1, 0.15) is 27.0 Å². The highest BCUT2D eigenvalue weighted by Crippen LogP contribution is 2.15. The number of hydrogen-bond donors (Lipinski definition) is 0. The van der Waals surface area contributed by atoms with Crippen molar-refractivity contribution < 1.29 is 4.79 Å². The summed E-state index contributed by atoms with van der Waals surface area (Å²) in [5.41, 5.74) is 3.70. The molecule has 0 radical (unpaired) electrons. The molecule has 4 nitrogen and oxygen atoms in total. The van der Waals surface area contributed by atoms with E-state index in [-0.39, 0.29) is 5.91 Å². The molecule has 2 aromatic carbocycles. The first-order valence-electron chi connectivity index (χ1n) is 9.84. The predicted molar refractivity (Wildman–Crippen MR) is 116 cm³/mol. The van der Waals surface area contributed by atoms with Crippen LogP contribution in [0, 0.1) is 18.8 Å². The van der Waals surface area contributed by atoms with Crippen LogP contribution in [0.15, 0.2) is 72.9 Å². The molecule has 29 heavy (non-hydrogen) atoms. The summed E-state index contributed by atoms with van der Waals surface area (Å²) in [5, 5.41) is 0. The van der Waals surface area contributed by atoms with Crippen molar-refractivity contribution in [2.75, 3.05) is 31.1 Å². The maximum Gasteiger partial charge on any atom is 0.254 e. The van der Waals surface area contributed by atoms with Crippen LogP contribution in [0.2, 0.25) is 0 Å². The Hall–Kier alpha value is -3.58. The van der Waals surface area contributed by atoms with Gasteiger partial charge in [-0.25, -0.2) is 4.98 Å². The number of pyridine rings is 1. The van der Waals surface area contributed by atoms with Gasteiger partial charge in [0, 0.05) is 49.1 Å². The van der Waals surface area contributed by atoms with Gasteiger partial charge >= 0.3 is 0 Å². The fourth-order valence-electron chi connectivity index (χ4n) is 3.44. The first-order chi connectivity index (χ1) is 14.2. The van der Waals surface area contributed by atoms with Gasteiger partial charge in [0.1, 0.15) is 5.82 Å². The highest BCUT2D eigenvalue weighted by Gasteiger charge is 2.22. The van der Waals surface area contributed by atoms with E-state index < -0.39 is 0 Å². The zero-order chi connectivity index (χ0) is 20.1. The molecule has 0 saturated carbocycles. The number of rotatable bonds is 2. The Morgan fingerprint density at radius 3 is 2.45 bits per heavy atom. The predicted octanol–water partition coefficient (Wildman–Crippen LogP) is 3.75. The zero-order valence-corrected chi connectivity index (χ0v) is 16.5. The molecule has 1 aliphatic rings. The third kappa shape index (κ3) is 4.47. The number of anilines is 1. The Balaban J connectivity index is 1.44. The first kappa shape index (κ1) is 18.8. The molecular formula is C25H23N3O. The topological polar surface area (TPSA) is 36.4 Å². The Morgan fingerprint density at radius 1 is 0.897 bits per heavy atom. The summed E-state index contributed by atoms with van der Waals surface area (Å²) in [6, 6.07) is 21.6. The summed E-state index contributed by atoms with van der Waals surface area (Å²) in [4.78, 5) is 21.5. The number of hydrogen-bond acceptors (Lipinski definition) is 3. The highest BCUT2D eigenvalue weighted by molar-refractivity contribution is 5.94. The maximum absolute atomic E-state index is 13.0. The summed E-state index contributed by atoms with van der Waals surface area (Å²) in [5.74, 6) is 7.43. The van der Waals surface area contributed by atoms with Gasteiger partial charge in [0.05, 0.1) is 0 Å². The third-order valence-electron chi connectivity index (χ3n) is 5.14. The monoisotopic (exact) mass is 381 g/mol. The van der Waals surface area contributed by atoms with Crippen molar-refractivity contribution in [1.29, 1.82) is 0 Å². The van der Waals surface area contributed by atoms with Crippen LogP contribution in [0.25, 0.3) is 0 Å². The molecule has 0 N–H and O–H groups in total. The van der Waals surface area contributed by atoms with Crippen molar-refractivity contribution >= 4 is 11.7 Å². The minimum absolute atomic E-state index is 0.0604. The van der Waals surface area contributed by atoms with Gasteiger partial charge < -0.3 is 9.80 Å². The van der Waals surface area contributed by atoms with E-state index in [1.54, 1.807) is 6.20 Å². The highest BCUT2D eigenvalue weighted by atomic mass is 16.2. The fraction of sp³-hybridized carbons (Fsp3) is 0.200. The van der Waals surface area contributed by atoms with Gasteiger partial charge in [-0.3, -0.25) is 4.79 Å². The second-order valence-electron chi connectivity index (χ2n) is 7.11. The second kappa shape index (κ2) is 8.62. The molecule has 4 rings (SSSR count). The molecular weight excluding hydrogens is 358 g/mol. The van der Waals surface area contributed by atoms with E-state index in [0.717, 1.165) is 35.6 Å². The lowest BCUT2D eigenvalue weighted by Gasteiger charge is -2.35. The molecule has 1 amide bonds. The molecule has 1 saturated heterocycles. The Kier molecular flexibility index (Phi) is 5.58. The second-order valence-corrected chi connectivity index (χ2v) is 7.11. The molecule has 1 aliphatic heterocycles. The summed E-state index contributed by atoms with van der Waals surface area (Å²) < 4.78 is 0. The number of aryl methyl sites for hydroxylation is 1. The van der Waals surface area contributed by atoms with E-state index in [4.69, 9.17) is 0 Å². The van der Waals surface area contributed by atoms with Gasteiger partial charge in [-0.15, -0.1) is 0 Å². The normalized spacial score (nSPS) is 13.6. The van der Waals surface area contributed by atoms with Gasteiger partial charge in [0.2, 0.25) is 0 Å². The van der Waals surface area contributed by atoms with E-state index in [0.29, 0.717) is 18.7 Å². The molecule has 0 aliphatic carbocycles. The summed E-state index contributed by atoms with van der Waals surface area (Å²) in [6.07, 6.45) is 1.80. The fourth-order valence-corrected chi connectivity index (χ4v) is 3.44. The van der Waals surface area contributed by atoms with Gasteiger partial charge in [-0.2, -0.15) is 0 Å². The molecule has 0 spiro atoms. The van der Waals surface area contributed by atoms with E-state index in [1.165, 1.54) is 0 Å². The van der Waals surface area contributed by atoms with Crippen LogP contribution in [0.5, 0.6) is 0 Å². The SMILES string of the molecule is Cc1ccccc1C#Cc1cccc(C(=O)N2CCN(c3ccccn3)CC2)c1. The van der Waals surface area contributed by atoms with Crippen LogP contribution >= 0.6 is 0 Å².